The van der Waals surface area contributed by atoms with Gasteiger partial charge in [-0.1, -0.05) is 45.9 Å². The van der Waals surface area contributed by atoms with E-state index in [9.17, 15) is 0 Å². The van der Waals surface area contributed by atoms with Crippen LogP contribution < -0.4 is 5.32 Å². The number of fused-ring (bicyclic) bond motifs is 1. The van der Waals surface area contributed by atoms with Crippen molar-refractivity contribution in [3.8, 4) is 0 Å². The molecule has 0 aliphatic carbocycles. The van der Waals surface area contributed by atoms with Crippen molar-refractivity contribution in [2.75, 3.05) is 6.54 Å². The molecule has 1 aromatic carbocycles. The summed E-state index contributed by atoms with van der Waals surface area (Å²) in [4.78, 5) is 4.31. The average Bonchev–Trinajstić information content (AvgIpc) is 2.47. The first-order valence-electron chi connectivity index (χ1n) is 7.71. The Morgan fingerprint density at radius 1 is 1.15 bits per heavy atom. The molecule has 1 heterocycles. The van der Waals surface area contributed by atoms with Crippen LogP contribution in [0.4, 0.5) is 0 Å². The molecule has 0 bridgehead atoms. The molecule has 0 spiro atoms. The van der Waals surface area contributed by atoms with Gasteiger partial charge < -0.3 is 5.32 Å². The van der Waals surface area contributed by atoms with Gasteiger partial charge in [0.2, 0.25) is 0 Å². The SMILES string of the molecule is CCCNC(c1cccc2ccncc12)C(C)C(C)C. The van der Waals surface area contributed by atoms with Crippen LogP contribution in [0.1, 0.15) is 45.7 Å². The second-order valence-corrected chi connectivity index (χ2v) is 5.98. The minimum atomic E-state index is 0.392. The van der Waals surface area contributed by atoms with Crippen molar-refractivity contribution in [1.29, 1.82) is 0 Å². The largest absolute Gasteiger partial charge is 0.310 e. The van der Waals surface area contributed by atoms with Gasteiger partial charge in [0.15, 0.2) is 0 Å². The fraction of sp³-hybridized carbons (Fsp3) is 0.500. The summed E-state index contributed by atoms with van der Waals surface area (Å²) in [7, 11) is 0. The highest BCUT2D eigenvalue weighted by Gasteiger charge is 2.22. The molecule has 0 saturated carbocycles. The molecule has 2 heteroatoms. The zero-order valence-corrected chi connectivity index (χ0v) is 13.1. The summed E-state index contributed by atoms with van der Waals surface area (Å²) >= 11 is 0. The van der Waals surface area contributed by atoms with E-state index in [0.29, 0.717) is 17.9 Å². The van der Waals surface area contributed by atoms with E-state index >= 15 is 0 Å². The van der Waals surface area contributed by atoms with E-state index in [1.54, 1.807) is 0 Å². The van der Waals surface area contributed by atoms with E-state index in [-0.39, 0.29) is 0 Å². The van der Waals surface area contributed by atoms with Crippen molar-refractivity contribution in [1.82, 2.24) is 10.3 Å². The number of aromatic nitrogens is 1. The third kappa shape index (κ3) is 3.18. The molecule has 2 atom stereocenters. The highest BCUT2D eigenvalue weighted by Crippen LogP contribution is 2.32. The summed E-state index contributed by atoms with van der Waals surface area (Å²) in [6.45, 7) is 10.2. The first-order chi connectivity index (χ1) is 9.65. The third-order valence-corrected chi connectivity index (χ3v) is 4.24. The zero-order chi connectivity index (χ0) is 14.5. The molecule has 2 rings (SSSR count). The summed E-state index contributed by atoms with van der Waals surface area (Å²) in [6, 6.07) is 9.05. The summed E-state index contributed by atoms with van der Waals surface area (Å²) in [5, 5.41) is 6.28. The van der Waals surface area contributed by atoms with Crippen molar-refractivity contribution in [3.63, 3.8) is 0 Å². The van der Waals surface area contributed by atoms with Crippen LogP contribution in [-0.4, -0.2) is 11.5 Å². The summed E-state index contributed by atoms with van der Waals surface area (Å²) < 4.78 is 0. The number of pyridine rings is 1. The summed E-state index contributed by atoms with van der Waals surface area (Å²) in [5.74, 6) is 1.24. The molecule has 0 aliphatic heterocycles. The van der Waals surface area contributed by atoms with Crippen molar-refractivity contribution in [3.05, 3.63) is 42.2 Å². The lowest BCUT2D eigenvalue weighted by atomic mass is 9.84. The average molecular weight is 270 g/mol. The Bertz CT molecular complexity index is 543. The maximum atomic E-state index is 4.31. The predicted molar refractivity (Wildman–Crippen MR) is 86.8 cm³/mol. The molecule has 108 valence electrons. The molecule has 2 nitrogen and oxygen atoms in total. The minimum Gasteiger partial charge on any atom is -0.310 e. The lowest BCUT2D eigenvalue weighted by Crippen LogP contribution is -2.30. The van der Waals surface area contributed by atoms with Gasteiger partial charge in [0.1, 0.15) is 0 Å². The van der Waals surface area contributed by atoms with Gasteiger partial charge in [0.05, 0.1) is 0 Å². The first-order valence-corrected chi connectivity index (χ1v) is 7.71. The Kier molecular flexibility index (Phi) is 5.13. The van der Waals surface area contributed by atoms with E-state index in [0.717, 1.165) is 13.0 Å². The first kappa shape index (κ1) is 15.0. The van der Waals surface area contributed by atoms with Gasteiger partial charge in [0, 0.05) is 23.8 Å². The minimum absolute atomic E-state index is 0.392. The van der Waals surface area contributed by atoms with E-state index in [4.69, 9.17) is 0 Å². The zero-order valence-electron chi connectivity index (χ0n) is 13.1. The van der Waals surface area contributed by atoms with Gasteiger partial charge in [-0.25, -0.2) is 0 Å². The van der Waals surface area contributed by atoms with Crippen LogP contribution >= 0.6 is 0 Å². The molecule has 0 aliphatic rings. The fourth-order valence-corrected chi connectivity index (χ4v) is 2.67. The molecule has 0 fully saturated rings. The van der Waals surface area contributed by atoms with Gasteiger partial charge in [-0.3, -0.25) is 4.98 Å². The van der Waals surface area contributed by atoms with Gasteiger partial charge in [-0.05, 0) is 41.8 Å². The van der Waals surface area contributed by atoms with E-state index < -0.39 is 0 Å². The lowest BCUT2D eigenvalue weighted by Gasteiger charge is -2.29. The van der Waals surface area contributed by atoms with Gasteiger partial charge in [0.25, 0.3) is 0 Å². The molecule has 20 heavy (non-hydrogen) atoms. The van der Waals surface area contributed by atoms with E-state index in [2.05, 4.69) is 62.3 Å². The number of rotatable bonds is 6. The number of nitrogens with one attached hydrogen (secondary N) is 1. The number of nitrogens with zero attached hydrogens (tertiary/aromatic N) is 1. The van der Waals surface area contributed by atoms with Crippen LogP contribution in [0.2, 0.25) is 0 Å². The predicted octanol–water partition coefficient (Wildman–Crippen LogP) is 4.57. The highest BCUT2D eigenvalue weighted by atomic mass is 14.9. The van der Waals surface area contributed by atoms with Crippen LogP contribution in [0.5, 0.6) is 0 Å². The Morgan fingerprint density at radius 2 is 1.95 bits per heavy atom. The van der Waals surface area contributed by atoms with Crippen molar-refractivity contribution < 1.29 is 0 Å². The van der Waals surface area contributed by atoms with Crippen LogP contribution in [0.25, 0.3) is 10.8 Å². The molecule has 1 N–H and O–H groups in total. The molecule has 0 amide bonds. The van der Waals surface area contributed by atoms with Gasteiger partial charge in [-0.2, -0.15) is 0 Å². The molecular weight excluding hydrogens is 244 g/mol. The number of hydrogen-bond donors (Lipinski definition) is 1. The Labute approximate surface area is 122 Å². The van der Waals surface area contributed by atoms with Crippen molar-refractivity contribution in [2.45, 2.75) is 40.2 Å². The Morgan fingerprint density at radius 3 is 2.65 bits per heavy atom. The summed E-state index contributed by atoms with van der Waals surface area (Å²) in [5.41, 5.74) is 1.38. The number of hydrogen-bond acceptors (Lipinski definition) is 2. The highest BCUT2D eigenvalue weighted by molar-refractivity contribution is 5.85. The topological polar surface area (TPSA) is 24.9 Å². The monoisotopic (exact) mass is 270 g/mol. The van der Waals surface area contributed by atoms with Crippen LogP contribution in [0, 0.1) is 11.8 Å². The standard InChI is InChI=1S/C18H26N2/c1-5-10-20-18(14(4)13(2)3)16-8-6-7-15-9-11-19-12-17(15)16/h6-9,11-14,18,20H,5,10H2,1-4H3. The normalized spacial score (nSPS) is 14.7. The Balaban J connectivity index is 2.44. The molecule has 0 radical (unpaired) electrons. The molecule has 1 aromatic heterocycles. The number of benzene rings is 1. The molecule has 0 saturated heterocycles. The summed E-state index contributed by atoms with van der Waals surface area (Å²) in [6.07, 6.45) is 5.02. The molecular formula is C18H26N2. The van der Waals surface area contributed by atoms with Crippen LogP contribution in [-0.2, 0) is 0 Å². The second kappa shape index (κ2) is 6.85. The van der Waals surface area contributed by atoms with Crippen molar-refractivity contribution in [2.24, 2.45) is 11.8 Å². The van der Waals surface area contributed by atoms with E-state index in [1.807, 2.05) is 12.4 Å². The van der Waals surface area contributed by atoms with E-state index in [1.165, 1.54) is 16.3 Å². The molecule has 2 aromatic rings. The Hall–Kier alpha value is -1.41. The fourth-order valence-electron chi connectivity index (χ4n) is 2.67. The lowest BCUT2D eigenvalue weighted by molar-refractivity contribution is 0.305. The maximum Gasteiger partial charge on any atom is 0.0355 e. The van der Waals surface area contributed by atoms with Gasteiger partial charge in [-0.15, -0.1) is 0 Å². The van der Waals surface area contributed by atoms with Gasteiger partial charge >= 0.3 is 0 Å². The second-order valence-electron chi connectivity index (χ2n) is 5.98. The van der Waals surface area contributed by atoms with Crippen molar-refractivity contribution >= 4 is 10.8 Å². The van der Waals surface area contributed by atoms with Crippen LogP contribution in [0.15, 0.2) is 36.7 Å². The smallest absolute Gasteiger partial charge is 0.0355 e. The maximum absolute atomic E-state index is 4.31. The quantitative estimate of drug-likeness (QED) is 0.832. The third-order valence-electron chi connectivity index (χ3n) is 4.24. The van der Waals surface area contributed by atoms with Crippen LogP contribution in [0.3, 0.4) is 0 Å². The molecule has 2 unspecified atom stereocenters.